The fourth-order valence-corrected chi connectivity index (χ4v) is 0. The monoisotopic (exact) mass is 120 g/mol. The smallest absolute Gasteiger partial charge is 0.0411 e. The van der Waals surface area contributed by atoms with E-state index < -0.39 is 8.07 Å². The Kier molecular flexibility index (Phi) is 9.81. The minimum absolute atomic E-state index is 0. The zero-order valence-electron chi connectivity index (χ0n) is 4.50. The van der Waals surface area contributed by atoms with Gasteiger partial charge in [0, 0.05) is 8.07 Å². The van der Waals surface area contributed by atoms with Gasteiger partial charge in [0.15, 0.2) is 0 Å². The highest BCUT2D eigenvalue weighted by atomic mass is 28.3. The molecule has 48 valence electrons. The molecule has 0 fully saturated rings. The van der Waals surface area contributed by atoms with E-state index in [1.165, 1.54) is 0 Å². The van der Waals surface area contributed by atoms with Gasteiger partial charge in [0.2, 0.25) is 0 Å². The van der Waals surface area contributed by atoms with Crippen LogP contribution in [0.15, 0.2) is 0 Å². The molecule has 0 N–H and O–H groups in total. The summed E-state index contributed by atoms with van der Waals surface area (Å²) in [6, 6.07) is 0. The number of hydrogen-bond donors (Lipinski definition) is 0. The lowest BCUT2D eigenvalue weighted by Crippen LogP contribution is -2.10. The van der Waals surface area contributed by atoms with Gasteiger partial charge >= 0.3 is 0 Å². The molecule has 0 aromatic carbocycles. The summed E-state index contributed by atoms with van der Waals surface area (Å²) in [4.78, 5) is 0. The van der Waals surface area contributed by atoms with Crippen molar-refractivity contribution in [2.45, 2.75) is 41.0 Å². The Morgan fingerprint density at radius 3 is 0.714 bits per heavy atom. The standard InChI is InChI=1S/C4H12Si.2CH4/c1-5(2,3)4;;/h1-4H3;2*1H4. The molecule has 0 amide bonds. The Bertz CT molecular complexity index is 19.7. The maximum atomic E-state index is 2.33. The van der Waals surface area contributed by atoms with Gasteiger partial charge in [-0.05, 0) is 0 Å². The highest BCUT2D eigenvalue weighted by Crippen LogP contribution is 1.94. The highest BCUT2D eigenvalue weighted by molar-refractivity contribution is 6.74. The molecule has 0 atom stereocenters. The van der Waals surface area contributed by atoms with Crippen molar-refractivity contribution in [2.24, 2.45) is 0 Å². The van der Waals surface area contributed by atoms with Crippen LogP contribution in [0.3, 0.4) is 0 Å². The molecule has 0 spiro atoms. The maximum Gasteiger partial charge on any atom is 0.0411 e. The molecule has 0 radical (unpaired) electrons. The second kappa shape index (κ2) is 4.38. The SMILES string of the molecule is C.C.C[Si](C)(C)C. The van der Waals surface area contributed by atoms with Crippen molar-refractivity contribution in [3.8, 4) is 0 Å². The zero-order valence-corrected chi connectivity index (χ0v) is 5.50. The first-order valence-electron chi connectivity index (χ1n) is 2.00. The first kappa shape index (κ1) is 15.7. The molecule has 0 saturated carbocycles. The average Bonchev–Trinajstić information content (AvgIpc) is 0.722. The number of rotatable bonds is 0. The Morgan fingerprint density at radius 2 is 0.714 bits per heavy atom. The first-order chi connectivity index (χ1) is 2.00. The largest absolute Gasteiger partial charge is 0.0776 e. The average molecular weight is 120 g/mol. The molecule has 0 nitrogen and oxygen atoms in total. The lowest BCUT2D eigenvalue weighted by Gasteiger charge is -2.01. The third kappa shape index (κ3) is 2350. The summed E-state index contributed by atoms with van der Waals surface area (Å²) in [5.41, 5.74) is 0. The van der Waals surface area contributed by atoms with E-state index in [9.17, 15) is 0 Å². The quantitative estimate of drug-likeness (QED) is 0.431. The normalized spacial score (nSPS) is 8.57. The second-order valence-electron chi connectivity index (χ2n) is 3.00. The van der Waals surface area contributed by atoms with Crippen molar-refractivity contribution in [3.63, 3.8) is 0 Å². The van der Waals surface area contributed by atoms with Crippen LogP contribution in [0.5, 0.6) is 0 Å². The lowest BCUT2D eigenvalue weighted by atomic mass is 11.8. The van der Waals surface area contributed by atoms with E-state index in [2.05, 4.69) is 26.2 Å². The minimum atomic E-state index is -0.611. The molecule has 0 aromatic heterocycles. The van der Waals surface area contributed by atoms with Crippen LogP contribution in [0.25, 0.3) is 0 Å². The lowest BCUT2D eigenvalue weighted by molar-refractivity contribution is 1.71. The molecular weight excluding hydrogens is 100 g/mol. The summed E-state index contributed by atoms with van der Waals surface area (Å²) in [5.74, 6) is 0. The Hall–Kier alpha value is 0.217. The van der Waals surface area contributed by atoms with Crippen LogP contribution >= 0.6 is 0 Å². The van der Waals surface area contributed by atoms with Crippen molar-refractivity contribution < 1.29 is 0 Å². The Morgan fingerprint density at radius 1 is 0.714 bits per heavy atom. The van der Waals surface area contributed by atoms with Crippen molar-refractivity contribution in [2.75, 3.05) is 0 Å². The predicted molar refractivity (Wildman–Crippen MR) is 42.7 cm³/mol. The molecule has 7 heavy (non-hydrogen) atoms. The zero-order chi connectivity index (χ0) is 4.50. The van der Waals surface area contributed by atoms with Crippen molar-refractivity contribution in [3.05, 3.63) is 0 Å². The van der Waals surface area contributed by atoms with E-state index in [4.69, 9.17) is 0 Å². The van der Waals surface area contributed by atoms with Crippen LogP contribution in [0, 0.1) is 0 Å². The predicted octanol–water partition coefficient (Wildman–Crippen LogP) is 3.23. The van der Waals surface area contributed by atoms with Crippen LogP contribution in [-0.2, 0) is 0 Å². The van der Waals surface area contributed by atoms with Crippen molar-refractivity contribution >= 4 is 8.07 Å². The Balaban J connectivity index is -0.0000000800. The molecule has 0 heterocycles. The van der Waals surface area contributed by atoms with E-state index >= 15 is 0 Å². The van der Waals surface area contributed by atoms with Gasteiger partial charge in [-0.2, -0.15) is 0 Å². The molecule has 0 aliphatic carbocycles. The van der Waals surface area contributed by atoms with Crippen molar-refractivity contribution in [1.29, 1.82) is 0 Å². The van der Waals surface area contributed by atoms with Gasteiger partial charge in [0.05, 0.1) is 0 Å². The van der Waals surface area contributed by atoms with Gasteiger partial charge < -0.3 is 0 Å². The summed E-state index contributed by atoms with van der Waals surface area (Å²) in [7, 11) is -0.611. The maximum absolute atomic E-state index is 2.33. The van der Waals surface area contributed by atoms with Crippen LogP contribution in [0.1, 0.15) is 14.9 Å². The summed E-state index contributed by atoms with van der Waals surface area (Å²) in [6.07, 6.45) is 0. The van der Waals surface area contributed by atoms with Crippen LogP contribution in [0.2, 0.25) is 26.2 Å². The molecule has 0 unspecified atom stereocenters. The molecule has 0 saturated heterocycles. The second-order valence-corrected chi connectivity index (χ2v) is 9.00. The van der Waals surface area contributed by atoms with Crippen molar-refractivity contribution in [1.82, 2.24) is 0 Å². The molecular formula is C6H20Si. The van der Waals surface area contributed by atoms with Gasteiger partial charge in [-0.15, -0.1) is 0 Å². The van der Waals surface area contributed by atoms with E-state index in [0.717, 1.165) is 0 Å². The molecule has 0 rings (SSSR count). The van der Waals surface area contributed by atoms with Gasteiger partial charge in [-0.25, -0.2) is 0 Å². The third-order valence-corrected chi connectivity index (χ3v) is 0. The van der Waals surface area contributed by atoms with Gasteiger partial charge in [0.1, 0.15) is 0 Å². The molecule has 0 aliphatic heterocycles. The van der Waals surface area contributed by atoms with Gasteiger partial charge in [0.25, 0.3) is 0 Å². The summed E-state index contributed by atoms with van der Waals surface area (Å²) < 4.78 is 0. The van der Waals surface area contributed by atoms with Crippen LogP contribution in [0.4, 0.5) is 0 Å². The van der Waals surface area contributed by atoms with E-state index in [-0.39, 0.29) is 14.9 Å². The molecule has 0 bridgehead atoms. The van der Waals surface area contributed by atoms with Crippen LogP contribution in [-0.4, -0.2) is 8.07 Å². The molecule has 0 aliphatic rings. The van der Waals surface area contributed by atoms with Crippen LogP contribution < -0.4 is 0 Å². The van der Waals surface area contributed by atoms with Gasteiger partial charge in [-0.3, -0.25) is 0 Å². The van der Waals surface area contributed by atoms with Gasteiger partial charge in [-0.1, -0.05) is 41.0 Å². The first-order valence-corrected chi connectivity index (χ1v) is 6.00. The molecule has 1 heteroatoms. The van der Waals surface area contributed by atoms with E-state index in [0.29, 0.717) is 0 Å². The Labute approximate surface area is 50.0 Å². The minimum Gasteiger partial charge on any atom is -0.0776 e. The third-order valence-electron chi connectivity index (χ3n) is 0. The number of hydrogen-bond acceptors (Lipinski definition) is 0. The van der Waals surface area contributed by atoms with E-state index in [1.54, 1.807) is 0 Å². The highest BCUT2D eigenvalue weighted by Gasteiger charge is 1.99. The molecule has 0 aromatic rings. The topological polar surface area (TPSA) is 0 Å². The van der Waals surface area contributed by atoms with E-state index in [1.807, 2.05) is 0 Å². The summed E-state index contributed by atoms with van der Waals surface area (Å²) in [6.45, 7) is 9.31. The summed E-state index contributed by atoms with van der Waals surface area (Å²) in [5, 5.41) is 0. The fraction of sp³-hybridized carbons (Fsp3) is 1.00. The summed E-state index contributed by atoms with van der Waals surface area (Å²) >= 11 is 0. The fourth-order valence-electron chi connectivity index (χ4n) is 0.